The Morgan fingerprint density at radius 3 is 2.77 bits per heavy atom. The number of pyridine rings is 2. The first kappa shape index (κ1) is 16.0. The number of nitrogens with one attached hydrogen (secondary N) is 1. The van der Waals surface area contributed by atoms with Gasteiger partial charge >= 0.3 is 5.97 Å². The number of fused-ring (bicyclic) bond motifs is 1. The van der Waals surface area contributed by atoms with Crippen LogP contribution in [-0.4, -0.2) is 27.6 Å². The van der Waals surface area contributed by atoms with E-state index in [1.807, 2.05) is 12.1 Å². The largest absolute Gasteiger partial charge is 0.481 e. The molecule has 0 radical (unpaired) electrons. The van der Waals surface area contributed by atoms with Crippen molar-refractivity contribution in [2.24, 2.45) is 0 Å². The zero-order valence-electron chi connectivity index (χ0n) is 12.6. The molecular formula is C16H22N4O2. The minimum atomic E-state index is -0.714. The lowest BCUT2D eigenvalue weighted by atomic mass is 10.1. The van der Waals surface area contributed by atoms with E-state index in [4.69, 9.17) is 10.8 Å². The second-order valence-corrected chi connectivity index (χ2v) is 5.30. The summed E-state index contributed by atoms with van der Waals surface area (Å²) in [6.45, 7) is 0.818. The zero-order chi connectivity index (χ0) is 15.8. The number of hydrogen-bond donors (Lipinski definition) is 3. The van der Waals surface area contributed by atoms with Gasteiger partial charge in [-0.1, -0.05) is 19.3 Å². The molecule has 0 unspecified atom stereocenters. The Hall–Kier alpha value is -2.37. The number of hydrogen-bond acceptors (Lipinski definition) is 5. The Bertz CT molecular complexity index is 631. The van der Waals surface area contributed by atoms with Gasteiger partial charge in [0.1, 0.15) is 5.52 Å². The number of nitrogens with zero attached hydrogens (tertiary/aromatic N) is 2. The first-order chi connectivity index (χ1) is 10.7. The van der Waals surface area contributed by atoms with Crippen LogP contribution in [0.1, 0.15) is 38.5 Å². The molecule has 2 heterocycles. The van der Waals surface area contributed by atoms with Crippen LogP contribution >= 0.6 is 0 Å². The number of carboxylic acid groups (broad SMARTS) is 1. The van der Waals surface area contributed by atoms with Gasteiger partial charge in [0.15, 0.2) is 0 Å². The van der Waals surface area contributed by atoms with Gasteiger partial charge in [-0.25, -0.2) is 0 Å². The van der Waals surface area contributed by atoms with Gasteiger partial charge in [-0.2, -0.15) is 0 Å². The lowest BCUT2D eigenvalue weighted by Gasteiger charge is -2.11. The summed E-state index contributed by atoms with van der Waals surface area (Å²) in [5.74, 6) is -0.714. The van der Waals surface area contributed by atoms with Crippen molar-refractivity contribution in [1.29, 1.82) is 0 Å². The molecule has 2 rings (SSSR count). The third kappa shape index (κ3) is 4.58. The van der Waals surface area contributed by atoms with E-state index in [2.05, 4.69) is 15.3 Å². The van der Waals surface area contributed by atoms with Crippen molar-refractivity contribution in [3.8, 4) is 0 Å². The van der Waals surface area contributed by atoms with Crippen molar-refractivity contribution >= 4 is 28.4 Å². The van der Waals surface area contributed by atoms with Crippen molar-refractivity contribution in [2.75, 3.05) is 17.6 Å². The van der Waals surface area contributed by atoms with Gasteiger partial charge in [-0.15, -0.1) is 0 Å². The molecule has 0 bridgehead atoms. The Kier molecular flexibility index (Phi) is 5.94. The molecule has 2 aromatic rings. The number of rotatable bonds is 9. The van der Waals surface area contributed by atoms with Crippen LogP contribution in [0.2, 0.25) is 0 Å². The molecule has 118 valence electrons. The minimum absolute atomic E-state index is 0.267. The standard InChI is InChI=1S/C16H22N4O2/c17-12-11-20-13-7-6-10-19-16(13)15(12)18-9-5-3-1-2-4-8-14(21)22/h6-7,10-11H,1-5,8-9,17H2,(H,18,20)(H,21,22). The van der Waals surface area contributed by atoms with E-state index in [1.54, 1.807) is 12.4 Å². The Balaban J connectivity index is 1.76. The highest BCUT2D eigenvalue weighted by Gasteiger charge is 2.06. The van der Waals surface area contributed by atoms with Crippen LogP contribution in [0.4, 0.5) is 11.4 Å². The Morgan fingerprint density at radius 1 is 1.18 bits per heavy atom. The van der Waals surface area contributed by atoms with Crippen LogP contribution in [0, 0.1) is 0 Å². The number of carbonyl (C=O) groups is 1. The normalized spacial score (nSPS) is 10.7. The lowest BCUT2D eigenvalue weighted by Crippen LogP contribution is -2.06. The Morgan fingerprint density at radius 2 is 1.95 bits per heavy atom. The monoisotopic (exact) mass is 302 g/mol. The summed E-state index contributed by atoms with van der Waals surface area (Å²) in [5.41, 5.74) is 9.05. The number of unbranched alkanes of at least 4 members (excludes halogenated alkanes) is 4. The molecular weight excluding hydrogens is 280 g/mol. The zero-order valence-corrected chi connectivity index (χ0v) is 12.6. The second-order valence-electron chi connectivity index (χ2n) is 5.30. The van der Waals surface area contributed by atoms with E-state index in [1.165, 1.54) is 0 Å². The molecule has 6 heteroatoms. The molecule has 0 aliphatic heterocycles. The highest BCUT2D eigenvalue weighted by Crippen LogP contribution is 2.25. The van der Waals surface area contributed by atoms with E-state index in [0.717, 1.165) is 55.4 Å². The molecule has 0 atom stereocenters. The predicted octanol–water partition coefficient (Wildman–Crippen LogP) is 3.05. The van der Waals surface area contributed by atoms with Gasteiger partial charge in [-0.05, 0) is 25.0 Å². The highest BCUT2D eigenvalue weighted by molar-refractivity contribution is 5.93. The first-order valence-corrected chi connectivity index (χ1v) is 7.63. The fourth-order valence-corrected chi connectivity index (χ4v) is 2.36. The quantitative estimate of drug-likeness (QED) is 0.615. The fraction of sp³-hybridized carbons (Fsp3) is 0.438. The summed E-state index contributed by atoms with van der Waals surface area (Å²) in [4.78, 5) is 19.0. The maximum Gasteiger partial charge on any atom is 0.303 e. The molecule has 0 aliphatic carbocycles. The van der Waals surface area contributed by atoms with Crippen LogP contribution in [0.5, 0.6) is 0 Å². The highest BCUT2D eigenvalue weighted by atomic mass is 16.4. The fourth-order valence-electron chi connectivity index (χ4n) is 2.36. The van der Waals surface area contributed by atoms with Crippen LogP contribution in [0.15, 0.2) is 24.5 Å². The van der Waals surface area contributed by atoms with E-state index in [-0.39, 0.29) is 6.42 Å². The first-order valence-electron chi connectivity index (χ1n) is 7.63. The summed E-state index contributed by atoms with van der Waals surface area (Å²) >= 11 is 0. The summed E-state index contributed by atoms with van der Waals surface area (Å²) in [6, 6.07) is 3.77. The topological polar surface area (TPSA) is 101 Å². The van der Waals surface area contributed by atoms with Gasteiger partial charge in [0.2, 0.25) is 0 Å². The van der Waals surface area contributed by atoms with Gasteiger partial charge in [-0.3, -0.25) is 14.8 Å². The molecule has 0 saturated carbocycles. The average molecular weight is 302 g/mol. The number of aliphatic carboxylic acids is 1. The van der Waals surface area contributed by atoms with Crippen molar-refractivity contribution in [2.45, 2.75) is 38.5 Å². The van der Waals surface area contributed by atoms with E-state index < -0.39 is 5.97 Å². The third-order valence-corrected chi connectivity index (χ3v) is 3.52. The minimum Gasteiger partial charge on any atom is -0.481 e. The summed E-state index contributed by atoms with van der Waals surface area (Å²) in [7, 11) is 0. The molecule has 6 nitrogen and oxygen atoms in total. The summed E-state index contributed by atoms with van der Waals surface area (Å²) in [5, 5.41) is 11.9. The van der Waals surface area contributed by atoms with Gasteiger partial charge < -0.3 is 16.2 Å². The number of aromatic nitrogens is 2. The third-order valence-electron chi connectivity index (χ3n) is 3.52. The average Bonchev–Trinajstić information content (AvgIpc) is 2.51. The lowest BCUT2D eigenvalue weighted by molar-refractivity contribution is -0.137. The number of nitrogen functional groups attached to an aromatic ring is 1. The maximum absolute atomic E-state index is 10.4. The smallest absolute Gasteiger partial charge is 0.303 e. The second kappa shape index (κ2) is 8.17. The van der Waals surface area contributed by atoms with Crippen molar-refractivity contribution < 1.29 is 9.90 Å². The van der Waals surface area contributed by atoms with E-state index in [0.29, 0.717) is 5.69 Å². The summed E-state index contributed by atoms with van der Waals surface area (Å²) < 4.78 is 0. The molecule has 0 saturated heterocycles. The molecule has 0 fully saturated rings. The Labute approximate surface area is 129 Å². The van der Waals surface area contributed by atoms with Gasteiger partial charge in [0.25, 0.3) is 0 Å². The number of nitrogens with two attached hydrogens (primary N) is 1. The van der Waals surface area contributed by atoms with Crippen LogP contribution < -0.4 is 11.1 Å². The van der Waals surface area contributed by atoms with Gasteiger partial charge in [0, 0.05) is 19.2 Å². The molecule has 2 aromatic heterocycles. The van der Waals surface area contributed by atoms with Crippen molar-refractivity contribution in [1.82, 2.24) is 9.97 Å². The van der Waals surface area contributed by atoms with Crippen molar-refractivity contribution in [3.63, 3.8) is 0 Å². The van der Waals surface area contributed by atoms with Gasteiger partial charge in [0.05, 0.1) is 23.1 Å². The van der Waals surface area contributed by atoms with E-state index >= 15 is 0 Å². The SMILES string of the molecule is Nc1cnc2cccnc2c1NCCCCCCCC(=O)O. The molecule has 0 aliphatic rings. The summed E-state index contributed by atoms with van der Waals surface area (Å²) in [6.07, 6.45) is 8.52. The number of carboxylic acids is 1. The molecule has 4 N–H and O–H groups in total. The van der Waals surface area contributed by atoms with Crippen LogP contribution in [0.25, 0.3) is 11.0 Å². The molecule has 0 aromatic carbocycles. The van der Waals surface area contributed by atoms with Crippen LogP contribution in [0.3, 0.4) is 0 Å². The van der Waals surface area contributed by atoms with Crippen molar-refractivity contribution in [3.05, 3.63) is 24.5 Å². The predicted molar refractivity (Wildman–Crippen MR) is 87.8 cm³/mol. The number of anilines is 2. The molecule has 0 amide bonds. The molecule has 22 heavy (non-hydrogen) atoms. The van der Waals surface area contributed by atoms with E-state index in [9.17, 15) is 4.79 Å². The maximum atomic E-state index is 10.4. The van der Waals surface area contributed by atoms with Crippen LogP contribution in [-0.2, 0) is 4.79 Å². The molecule has 0 spiro atoms.